The number of benzene rings is 2. The van der Waals surface area contributed by atoms with Crippen LogP contribution in [-0.2, 0) is 0 Å². The molecule has 0 aromatic heterocycles. The average molecular weight is 211 g/mol. The van der Waals surface area contributed by atoms with E-state index in [9.17, 15) is 0 Å². The molecule has 0 amide bonds. The first-order chi connectivity index (χ1) is 7.75. The standard InChI is InChI=1S/C15H17N/c1-12(2)13-8-10-15(11-9-13)16-14-6-4-3-5-7-14/h3-12,16H,1-2H3. The maximum Gasteiger partial charge on any atom is 0.0384 e. The Morgan fingerprint density at radius 2 is 1.31 bits per heavy atom. The molecule has 0 bridgehead atoms. The largest absolute Gasteiger partial charge is 0.356 e. The van der Waals surface area contributed by atoms with Crippen LogP contribution in [0, 0.1) is 0 Å². The van der Waals surface area contributed by atoms with Crippen LogP contribution in [0.1, 0.15) is 25.3 Å². The molecule has 1 N–H and O–H groups in total. The lowest BCUT2D eigenvalue weighted by atomic mass is 10.0. The van der Waals surface area contributed by atoms with Crippen molar-refractivity contribution in [1.29, 1.82) is 0 Å². The number of hydrogen-bond donors (Lipinski definition) is 1. The Labute approximate surface area is 97.1 Å². The first-order valence-corrected chi connectivity index (χ1v) is 5.68. The topological polar surface area (TPSA) is 12.0 Å². The number of anilines is 2. The van der Waals surface area contributed by atoms with E-state index in [4.69, 9.17) is 0 Å². The first-order valence-electron chi connectivity index (χ1n) is 5.68. The van der Waals surface area contributed by atoms with Gasteiger partial charge in [-0.15, -0.1) is 0 Å². The predicted octanol–water partition coefficient (Wildman–Crippen LogP) is 4.55. The molecule has 0 unspecified atom stereocenters. The molecule has 0 aliphatic carbocycles. The lowest BCUT2D eigenvalue weighted by Crippen LogP contribution is -1.91. The highest BCUT2D eigenvalue weighted by Crippen LogP contribution is 2.20. The van der Waals surface area contributed by atoms with Gasteiger partial charge >= 0.3 is 0 Å². The lowest BCUT2D eigenvalue weighted by molar-refractivity contribution is 0.867. The summed E-state index contributed by atoms with van der Waals surface area (Å²) in [4.78, 5) is 0. The minimum atomic E-state index is 0.589. The van der Waals surface area contributed by atoms with Gasteiger partial charge in [-0.05, 0) is 35.7 Å². The minimum absolute atomic E-state index is 0.589. The molecular formula is C15H17N. The van der Waals surface area contributed by atoms with Gasteiger partial charge in [0, 0.05) is 11.4 Å². The van der Waals surface area contributed by atoms with Gasteiger partial charge in [0.25, 0.3) is 0 Å². The summed E-state index contributed by atoms with van der Waals surface area (Å²) in [5, 5.41) is 3.37. The second-order valence-electron chi connectivity index (χ2n) is 4.27. The summed E-state index contributed by atoms with van der Waals surface area (Å²) in [6.45, 7) is 4.42. The van der Waals surface area contributed by atoms with E-state index >= 15 is 0 Å². The Morgan fingerprint density at radius 1 is 0.750 bits per heavy atom. The summed E-state index contributed by atoms with van der Waals surface area (Å²) < 4.78 is 0. The van der Waals surface area contributed by atoms with Crippen LogP contribution >= 0.6 is 0 Å². The second-order valence-corrected chi connectivity index (χ2v) is 4.27. The fraction of sp³-hybridized carbons (Fsp3) is 0.200. The highest BCUT2D eigenvalue weighted by molar-refractivity contribution is 5.59. The Bertz CT molecular complexity index is 429. The summed E-state index contributed by atoms with van der Waals surface area (Å²) in [5.74, 6) is 0.589. The third kappa shape index (κ3) is 2.63. The van der Waals surface area contributed by atoms with Crippen LogP contribution in [0.3, 0.4) is 0 Å². The fourth-order valence-corrected chi connectivity index (χ4v) is 1.64. The third-order valence-electron chi connectivity index (χ3n) is 2.64. The summed E-state index contributed by atoms with van der Waals surface area (Å²) in [6, 6.07) is 18.8. The van der Waals surface area contributed by atoms with Crippen molar-refractivity contribution in [2.24, 2.45) is 0 Å². The molecule has 1 heteroatoms. The van der Waals surface area contributed by atoms with Crippen molar-refractivity contribution in [3.8, 4) is 0 Å². The van der Waals surface area contributed by atoms with Crippen LogP contribution in [0.4, 0.5) is 11.4 Å². The van der Waals surface area contributed by atoms with Crippen LogP contribution in [0.5, 0.6) is 0 Å². The van der Waals surface area contributed by atoms with E-state index in [1.807, 2.05) is 18.2 Å². The SMILES string of the molecule is CC(C)c1ccc(Nc2ccccc2)cc1. The number of nitrogens with one attached hydrogen (secondary N) is 1. The lowest BCUT2D eigenvalue weighted by Gasteiger charge is -2.09. The fourth-order valence-electron chi connectivity index (χ4n) is 1.64. The molecule has 0 fully saturated rings. The molecule has 2 aromatic carbocycles. The van der Waals surface area contributed by atoms with Crippen molar-refractivity contribution in [2.75, 3.05) is 5.32 Å². The van der Waals surface area contributed by atoms with Gasteiger partial charge in [-0.3, -0.25) is 0 Å². The molecule has 0 spiro atoms. The van der Waals surface area contributed by atoms with Gasteiger partial charge in [0.05, 0.1) is 0 Å². The number of para-hydroxylation sites is 1. The molecule has 2 aromatic rings. The molecule has 0 radical (unpaired) electrons. The molecule has 0 saturated heterocycles. The van der Waals surface area contributed by atoms with Gasteiger partial charge in [-0.2, -0.15) is 0 Å². The van der Waals surface area contributed by atoms with Crippen molar-refractivity contribution in [3.05, 3.63) is 60.2 Å². The quantitative estimate of drug-likeness (QED) is 0.785. The number of hydrogen-bond acceptors (Lipinski definition) is 1. The summed E-state index contributed by atoms with van der Waals surface area (Å²) >= 11 is 0. The summed E-state index contributed by atoms with van der Waals surface area (Å²) in [6.07, 6.45) is 0. The van der Waals surface area contributed by atoms with Gasteiger partial charge in [-0.25, -0.2) is 0 Å². The van der Waals surface area contributed by atoms with E-state index in [0.29, 0.717) is 5.92 Å². The highest BCUT2D eigenvalue weighted by Gasteiger charge is 1.98. The first kappa shape index (κ1) is 10.7. The Hall–Kier alpha value is -1.76. The van der Waals surface area contributed by atoms with Crippen LogP contribution in [0.15, 0.2) is 54.6 Å². The average Bonchev–Trinajstić information content (AvgIpc) is 2.31. The monoisotopic (exact) mass is 211 g/mol. The second kappa shape index (κ2) is 4.84. The van der Waals surface area contributed by atoms with Crippen molar-refractivity contribution in [2.45, 2.75) is 19.8 Å². The molecule has 2 rings (SSSR count). The maximum atomic E-state index is 3.37. The molecule has 0 heterocycles. The zero-order valence-corrected chi connectivity index (χ0v) is 9.77. The molecule has 0 atom stereocenters. The summed E-state index contributed by atoms with van der Waals surface area (Å²) in [7, 11) is 0. The molecule has 0 saturated carbocycles. The van der Waals surface area contributed by atoms with Crippen LogP contribution < -0.4 is 5.32 Å². The van der Waals surface area contributed by atoms with E-state index in [1.165, 1.54) is 5.56 Å². The number of rotatable bonds is 3. The van der Waals surface area contributed by atoms with E-state index in [0.717, 1.165) is 11.4 Å². The van der Waals surface area contributed by atoms with Crippen LogP contribution in [0.25, 0.3) is 0 Å². The molecule has 0 aliphatic heterocycles. The highest BCUT2D eigenvalue weighted by atomic mass is 14.9. The minimum Gasteiger partial charge on any atom is -0.356 e. The molecule has 82 valence electrons. The van der Waals surface area contributed by atoms with Gasteiger partial charge in [0.2, 0.25) is 0 Å². The Morgan fingerprint density at radius 3 is 1.88 bits per heavy atom. The van der Waals surface area contributed by atoms with Crippen LogP contribution in [-0.4, -0.2) is 0 Å². The maximum absolute atomic E-state index is 3.37. The Kier molecular flexibility index (Phi) is 3.25. The molecule has 16 heavy (non-hydrogen) atoms. The van der Waals surface area contributed by atoms with Crippen molar-refractivity contribution >= 4 is 11.4 Å². The van der Waals surface area contributed by atoms with Gasteiger partial charge in [-0.1, -0.05) is 44.2 Å². The van der Waals surface area contributed by atoms with Crippen molar-refractivity contribution in [1.82, 2.24) is 0 Å². The van der Waals surface area contributed by atoms with Crippen LogP contribution in [0.2, 0.25) is 0 Å². The van der Waals surface area contributed by atoms with E-state index < -0.39 is 0 Å². The zero-order valence-electron chi connectivity index (χ0n) is 9.77. The normalized spacial score (nSPS) is 10.4. The zero-order chi connectivity index (χ0) is 11.4. The van der Waals surface area contributed by atoms with Gasteiger partial charge < -0.3 is 5.32 Å². The van der Waals surface area contributed by atoms with Crippen molar-refractivity contribution < 1.29 is 0 Å². The van der Waals surface area contributed by atoms with E-state index in [1.54, 1.807) is 0 Å². The van der Waals surface area contributed by atoms with Gasteiger partial charge in [0.1, 0.15) is 0 Å². The van der Waals surface area contributed by atoms with E-state index in [2.05, 4.69) is 55.6 Å². The third-order valence-corrected chi connectivity index (χ3v) is 2.64. The molecule has 1 nitrogen and oxygen atoms in total. The van der Waals surface area contributed by atoms with E-state index in [-0.39, 0.29) is 0 Å². The molecule has 0 aliphatic rings. The van der Waals surface area contributed by atoms with Gasteiger partial charge in [0.15, 0.2) is 0 Å². The molecular weight excluding hydrogens is 194 g/mol. The summed E-state index contributed by atoms with van der Waals surface area (Å²) in [5.41, 5.74) is 3.63. The predicted molar refractivity (Wildman–Crippen MR) is 70.3 cm³/mol. The van der Waals surface area contributed by atoms with Crippen molar-refractivity contribution in [3.63, 3.8) is 0 Å². The Balaban J connectivity index is 2.11. The smallest absolute Gasteiger partial charge is 0.0384 e.